The molecule has 0 saturated carbocycles. The van der Waals surface area contributed by atoms with Crippen molar-refractivity contribution in [3.63, 3.8) is 0 Å². The lowest BCUT2D eigenvalue weighted by atomic mass is 10.2. The summed E-state index contributed by atoms with van der Waals surface area (Å²) in [6.07, 6.45) is 7.49. The van der Waals surface area contributed by atoms with Crippen molar-refractivity contribution in [1.29, 1.82) is 5.41 Å². The Balaban J connectivity index is 2.04. The summed E-state index contributed by atoms with van der Waals surface area (Å²) in [5.74, 6) is -0.0575. The highest BCUT2D eigenvalue weighted by atomic mass is 32.1. The summed E-state index contributed by atoms with van der Waals surface area (Å²) in [5, 5.41) is 12.1. The number of nitrogens with two attached hydrogens (primary N) is 1. The molecule has 104 valence electrons. The molecule has 4 N–H and O–H groups in total. The zero-order chi connectivity index (χ0) is 13.7. The molecule has 0 aliphatic carbocycles. The molecule has 2 heterocycles. The maximum atomic E-state index is 7.37. The van der Waals surface area contributed by atoms with Crippen molar-refractivity contribution in [3.05, 3.63) is 22.8 Å². The van der Waals surface area contributed by atoms with Crippen LogP contribution < -0.4 is 11.2 Å². The number of unbranched alkanes of at least 4 members (excludes halogenated alkanes) is 2. The highest BCUT2D eigenvalue weighted by Gasteiger charge is 2.23. The topological polar surface area (TPSA) is 81.3 Å². The van der Waals surface area contributed by atoms with Crippen LogP contribution >= 0.6 is 11.3 Å². The summed E-state index contributed by atoms with van der Waals surface area (Å²) >= 11 is 1.58. The number of thiazole rings is 1. The Morgan fingerprint density at radius 2 is 2.42 bits per heavy atom. The minimum atomic E-state index is -0.0575. The molecule has 2 rings (SSSR count). The summed E-state index contributed by atoms with van der Waals surface area (Å²) in [5.41, 5.74) is 9.25. The Kier molecular flexibility index (Phi) is 4.62. The molecule has 0 aromatic carbocycles. The predicted octanol–water partition coefficient (Wildman–Crippen LogP) is 1.60. The molecule has 19 heavy (non-hydrogen) atoms. The number of nitrogens with one attached hydrogen (secondary N) is 2. The second-order valence-corrected chi connectivity index (χ2v) is 5.36. The fourth-order valence-electron chi connectivity index (χ4n) is 2.00. The Morgan fingerprint density at radius 1 is 1.58 bits per heavy atom. The van der Waals surface area contributed by atoms with Gasteiger partial charge in [-0.1, -0.05) is 19.8 Å². The van der Waals surface area contributed by atoms with Gasteiger partial charge in [-0.15, -0.1) is 11.3 Å². The highest BCUT2D eigenvalue weighted by molar-refractivity contribution is 7.10. The van der Waals surface area contributed by atoms with Crippen LogP contribution in [0.3, 0.4) is 0 Å². The van der Waals surface area contributed by atoms with E-state index in [0.29, 0.717) is 6.67 Å². The van der Waals surface area contributed by atoms with Crippen molar-refractivity contribution in [2.75, 3.05) is 13.2 Å². The van der Waals surface area contributed by atoms with Crippen molar-refractivity contribution < 1.29 is 0 Å². The maximum Gasteiger partial charge on any atom is 0.205 e. The first-order valence-electron chi connectivity index (χ1n) is 6.44. The van der Waals surface area contributed by atoms with Gasteiger partial charge in [0.2, 0.25) is 5.96 Å². The molecule has 0 saturated heterocycles. The summed E-state index contributed by atoms with van der Waals surface area (Å²) in [4.78, 5) is 6.54. The van der Waals surface area contributed by atoms with Gasteiger partial charge in [0.15, 0.2) is 0 Å². The summed E-state index contributed by atoms with van der Waals surface area (Å²) in [6, 6.07) is 0. The van der Waals surface area contributed by atoms with Crippen LogP contribution in [-0.4, -0.2) is 34.1 Å². The van der Waals surface area contributed by atoms with Crippen LogP contribution in [-0.2, 0) is 0 Å². The third-order valence-corrected chi connectivity index (χ3v) is 3.67. The molecule has 0 spiro atoms. The van der Waals surface area contributed by atoms with Crippen LogP contribution in [0.2, 0.25) is 0 Å². The van der Waals surface area contributed by atoms with Gasteiger partial charge in [0.1, 0.15) is 17.4 Å². The van der Waals surface area contributed by atoms with E-state index in [9.17, 15) is 0 Å². The van der Waals surface area contributed by atoms with Crippen molar-refractivity contribution >= 4 is 23.0 Å². The van der Waals surface area contributed by atoms with Gasteiger partial charge in [0.05, 0.1) is 0 Å². The van der Waals surface area contributed by atoms with Gasteiger partial charge in [-0.05, 0) is 6.42 Å². The second kappa shape index (κ2) is 6.42. The number of hydrogen-bond acceptors (Lipinski definition) is 5. The smallest absolute Gasteiger partial charge is 0.205 e. The van der Waals surface area contributed by atoms with Crippen molar-refractivity contribution in [2.24, 2.45) is 5.73 Å². The average molecular weight is 280 g/mol. The Bertz CT molecular complexity index is 441. The fraction of sp³-hybridized carbons (Fsp3) is 0.500. The number of nitrogens with zero attached hydrogens (tertiary/aromatic N) is 3. The number of hydrogen-bond donors (Lipinski definition) is 3. The van der Waals surface area contributed by atoms with Crippen molar-refractivity contribution in [3.8, 4) is 0 Å². The molecule has 1 aromatic heterocycles. The molecule has 0 bridgehead atoms. The van der Waals surface area contributed by atoms with Crippen molar-refractivity contribution in [1.82, 2.24) is 20.3 Å². The first-order chi connectivity index (χ1) is 9.20. The lowest BCUT2D eigenvalue weighted by Crippen LogP contribution is -2.45. The molecule has 1 aliphatic heterocycles. The quantitative estimate of drug-likeness (QED) is 0.419. The van der Waals surface area contributed by atoms with E-state index < -0.39 is 0 Å². The number of aromatic nitrogens is 1. The van der Waals surface area contributed by atoms with E-state index in [2.05, 4.69) is 28.4 Å². The molecular formula is C12H20N6S. The third kappa shape index (κ3) is 3.60. The van der Waals surface area contributed by atoms with Gasteiger partial charge >= 0.3 is 0 Å². The lowest BCUT2D eigenvalue weighted by Gasteiger charge is -2.23. The zero-order valence-electron chi connectivity index (χ0n) is 11.1. The number of guanidine groups is 1. The molecular weight excluding hydrogens is 260 g/mol. The van der Waals surface area contributed by atoms with E-state index in [4.69, 9.17) is 11.1 Å². The van der Waals surface area contributed by atoms with Crippen LogP contribution in [0.15, 0.2) is 17.8 Å². The predicted molar refractivity (Wildman–Crippen MR) is 78.1 cm³/mol. The molecule has 0 atom stereocenters. The second-order valence-electron chi connectivity index (χ2n) is 4.47. The van der Waals surface area contributed by atoms with Crippen LogP contribution in [0.25, 0.3) is 5.70 Å². The summed E-state index contributed by atoms with van der Waals surface area (Å²) in [6.45, 7) is 3.90. The molecule has 6 nitrogen and oxygen atoms in total. The fourth-order valence-corrected chi connectivity index (χ4v) is 2.66. The van der Waals surface area contributed by atoms with Gasteiger partial charge < -0.3 is 10.6 Å². The van der Waals surface area contributed by atoms with Crippen LogP contribution in [0.5, 0.6) is 0 Å². The molecule has 1 aromatic rings. The van der Waals surface area contributed by atoms with Gasteiger partial charge in [-0.2, -0.15) is 0 Å². The van der Waals surface area contributed by atoms with E-state index >= 15 is 0 Å². The Morgan fingerprint density at radius 3 is 3.05 bits per heavy atom. The van der Waals surface area contributed by atoms with E-state index in [0.717, 1.165) is 17.2 Å². The molecule has 0 radical (unpaired) electrons. The van der Waals surface area contributed by atoms with Crippen LogP contribution in [0, 0.1) is 5.41 Å². The van der Waals surface area contributed by atoms with E-state index in [-0.39, 0.29) is 5.96 Å². The number of hydrazine groups is 1. The third-order valence-electron chi connectivity index (χ3n) is 2.87. The molecule has 0 amide bonds. The maximum absolute atomic E-state index is 7.37. The standard InChI is InChI=1S/C12H20N6S/c1-2-3-4-6-17-8-10(11-15-5-7-19-11)18(9-17)16-12(13)14/h5,7-8H,2-4,6,9H2,1H3,(H4,13,14,16). The largest absolute Gasteiger partial charge is 0.369 e. The molecule has 0 fully saturated rings. The lowest BCUT2D eigenvalue weighted by molar-refractivity contribution is 0.244. The molecule has 1 aliphatic rings. The first kappa shape index (κ1) is 13.7. The van der Waals surface area contributed by atoms with E-state index in [1.807, 2.05) is 10.4 Å². The van der Waals surface area contributed by atoms with E-state index in [1.165, 1.54) is 19.3 Å². The molecule has 7 heteroatoms. The van der Waals surface area contributed by atoms with Gasteiger partial charge in [-0.25, -0.2) is 4.98 Å². The number of rotatable bonds is 6. The first-order valence-corrected chi connectivity index (χ1v) is 7.32. The van der Waals surface area contributed by atoms with E-state index in [1.54, 1.807) is 17.5 Å². The summed E-state index contributed by atoms with van der Waals surface area (Å²) < 4.78 is 0. The van der Waals surface area contributed by atoms with Gasteiger partial charge in [0, 0.05) is 24.3 Å². The normalized spacial score (nSPS) is 14.7. The minimum Gasteiger partial charge on any atom is -0.369 e. The average Bonchev–Trinajstić information content (AvgIpc) is 2.98. The van der Waals surface area contributed by atoms with Gasteiger partial charge in [-0.3, -0.25) is 15.8 Å². The Hall–Kier alpha value is -1.76. The highest BCUT2D eigenvalue weighted by Crippen LogP contribution is 2.25. The van der Waals surface area contributed by atoms with Crippen LogP contribution in [0.1, 0.15) is 31.2 Å². The van der Waals surface area contributed by atoms with Crippen molar-refractivity contribution in [2.45, 2.75) is 26.2 Å². The molecule has 0 unspecified atom stereocenters. The summed E-state index contributed by atoms with van der Waals surface area (Å²) in [7, 11) is 0. The minimum absolute atomic E-state index is 0.0575. The SMILES string of the molecule is CCCCCN1C=C(c2nccs2)N(NC(=N)N)C1. The van der Waals surface area contributed by atoms with Gasteiger partial charge in [0.25, 0.3) is 0 Å². The Labute approximate surface area is 117 Å². The zero-order valence-corrected chi connectivity index (χ0v) is 11.9. The monoisotopic (exact) mass is 280 g/mol. The van der Waals surface area contributed by atoms with Crippen LogP contribution in [0.4, 0.5) is 0 Å².